The summed E-state index contributed by atoms with van der Waals surface area (Å²) in [6, 6.07) is 12.8. The van der Waals surface area contributed by atoms with Crippen molar-refractivity contribution >= 4 is 29.2 Å². The molecule has 35 heavy (non-hydrogen) atoms. The van der Waals surface area contributed by atoms with Crippen molar-refractivity contribution in [2.75, 3.05) is 55.7 Å². The summed E-state index contributed by atoms with van der Waals surface area (Å²) in [6.45, 7) is 7.01. The highest BCUT2D eigenvalue weighted by atomic mass is 19.1. The fourth-order valence-electron chi connectivity index (χ4n) is 4.21. The van der Waals surface area contributed by atoms with Crippen molar-refractivity contribution in [2.45, 2.75) is 13.3 Å². The molecule has 9 heteroatoms. The first-order chi connectivity index (χ1) is 17.0. The Kier molecular flexibility index (Phi) is 7.77. The molecule has 2 aliphatic heterocycles. The Morgan fingerprint density at radius 1 is 0.971 bits per heavy atom. The van der Waals surface area contributed by atoms with Crippen LogP contribution in [0.4, 0.5) is 15.8 Å². The topological polar surface area (TPSA) is 82.2 Å². The standard InChI is InChI=1S/C26H29FN4O4/c1-2-35-26(34)19-4-8-22(9-5-19)31-24(32)18-23(25(31)33)28-12-3-13-29-14-16-30(17-15-29)21-10-6-20(27)7-11-21/h4-11,18,28H,2-3,12-17H2,1H3. The molecule has 0 atom stereocenters. The van der Waals surface area contributed by atoms with E-state index >= 15 is 0 Å². The second-order valence-electron chi connectivity index (χ2n) is 8.39. The van der Waals surface area contributed by atoms with Crippen molar-refractivity contribution in [3.05, 3.63) is 71.7 Å². The van der Waals surface area contributed by atoms with Crippen LogP contribution in [-0.2, 0) is 14.3 Å². The maximum Gasteiger partial charge on any atom is 0.338 e. The number of hydrogen-bond donors (Lipinski definition) is 1. The minimum atomic E-state index is -0.449. The molecule has 0 aliphatic carbocycles. The third-order valence-electron chi connectivity index (χ3n) is 6.09. The monoisotopic (exact) mass is 480 g/mol. The summed E-state index contributed by atoms with van der Waals surface area (Å²) in [6.07, 6.45) is 2.13. The van der Waals surface area contributed by atoms with Crippen molar-refractivity contribution in [3.8, 4) is 0 Å². The number of ether oxygens (including phenoxy) is 1. The predicted octanol–water partition coefficient (Wildman–Crippen LogP) is 2.56. The number of halogens is 1. The molecule has 2 aromatic carbocycles. The molecule has 0 unspecified atom stereocenters. The van der Waals surface area contributed by atoms with Gasteiger partial charge in [0, 0.05) is 44.5 Å². The van der Waals surface area contributed by atoms with Crippen LogP contribution in [0.25, 0.3) is 0 Å². The van der Waals surface area contributed by atoms with Crippen LogP contribution >= 0.6 is 0 Å². The van der Waals surface area contributed by atoms with Gasteiger partial charge in [0.05, 0.1) is 17.9 Å². The summed E-state index contributed by atoms with van der Waals surface area (Å²) in [4.78, 5) is 42.7. The second-order valence-corrected chi connectivity index (χ2v) is 8.39. The van der Waals surface area contributed by atoms with E-state index in [1.807, 2.05) is 0 Å². The highest BCUT2D eigenvalue weighted by Gasteiger charge is 2.32. The number of anilines is 2. The smallest absolute Gasteiger partial charge is 0.338 e. The Morgan fingerprint density at radius 2 is 1.63 bits per heavy atom. The second kappa shape index (κ2) is 11.1. The number of amides is 2. The molecular weight excluding hydrogens is 451 g/mol. The lowest BCUT2D eigenvalue weighted by atomic mass is 10.2. The van der Waals surface area contributed by atoms with Gasteiger partial charge in [0.15, 0.2) is 0 Å². The molecule has 1 fully saturated rings. The van der Waals surface area contributed by atoms with Crippen LogP contribution in [0.2, 0.25) is 0 Å². The van der Waals surface area contributed by atoms with E-state index in [0.29, 0.717) is 17.8 Å². The van der Waals surface area contributed by atoms with Gasteiger partial charge in [-0.1, -0.05) is 0 Å². The van der Waals surface area contributed by atoms with Crippen molar-refractivity contribution in [1.29, 1.82) is 0 Å². The van der Waals surface area contributed by atoms with Gasteiger partial charge in [0.2, 0.25) is 0 Å². The van der Waals surface area contributed by atoms with Crippen molar-refractivity contribution in [2.24, 2.45) is 0 Å². The molecule has 1 saturated heterocycles. The van der Waals surface area contributed by atoms with Crippen LogP contribution in [0, 0.1) is 5.82 Å². The quantitative estimate of drug-likeness (QED) is 0.336. The molecule has 2 aromatic rings. The zero-order valence-electron chi connectivity index (χ0n) is 19.7. The van der Waals surface area contributed by atoms with E-state index in [4.69, 9.17) is 4.74 Å². The molecule has 8 nitrogen and oxygen atoms in total. The van der Waals surface area contributed by atoms with Gasteiger partial charge in [0.25, 0.3) is 11.8 Å². The van der Waals surface area contributed by atoms with Crippen molar-refractivity contribution in [3.63, 3.8) is 0 Å². The van der Waals surface area contributed by atoms with Crippen LogP contribution in [0.15, 0.2) is 60.3 Å². The number of piperazine rings is 1. The minimum absolute atomic E-state index is 0.229. The molecule has 0 radical (unpaired) electrons. The number of carbonyl (C=O) groups excluding carboxylic acids is 3. The summed E-state index contributed by atoms with van der Waals surface area (Å²) in [5, 5.41) is 3.09. The third-order valence-corrected chi connectivity index (χ3v) is 6.09. The molecular formula is C26H29FN4O4. The Hall–Kier alpha value is -3.72. The zero-order chi connectivity index (χ0) is 24.8. The van der Waals surface area contributed by atoms with E-state index in [-0.39, 0.29) is 18.1 Å². The largest absolute Gasteiger partial charge is 0.462 e. The molecule has 0 saturated carbocycles. The Labute approximate surface area is 203 Å². The fraction of sp³-hybridized carbons (Fsp3) is 0.346. The molecule has 0 bridgehead atoms. The Balaban J connectivity index is 1.20. The molecule has 4 rings (SSSR count). The number of carbonyl (C=O) groups is 3. The summed E-state index contributed by atoms with van der Waals surface area (Å²) in [5.74, 6) is -1.51. The predicted molar refractivity (Wildman–Crippen MR) is 131 cm³/mol. The van der Waals surface area contributed by atoms with E-state index in [9.17, 15) is 18.8 Å². The SMILES string of the molecule is CCOC(=O)c1ccc(N2C(=O)C=C(NCCCN3CCN(c4ccc(F)cc4)CC3)C2=O)cc1. The van der Waals surface area contributed by atoms with E-state index in [1.165, 1.54) is 30.3 Å². The Morgan fingerprint density at radius 3 is 2.29 bits per heavy atom. The summed E-state index contributed by atoms with van der Waals surface area (Å²) in [5.41, 5.74) is 2.06. The van der Waals surface area contributed by atoms with Crippen LogP contribution in [0.5, 0.6) is 0 Å². The normalized spacial score (nSPS) is 16.5. The van der Waals surface area contributed by atoms with Gasteiger partial charge in [-0.15, -0.1) is 0 Å². The van der Waals surface area contributed by atoms with Gasteiger partial charge in [-0.2, -0.15) is 0 Å². The minimum Gasteiger partial charge on any atom is -0.462 e. The molecule has 1 N–H and O–H groups in total. The molecule has 2 heterocycles. The number of benzene rings is 2. The van der Waals surface area contributed by atoms with Gasteiger partial charge >= 0.3 is 5.97 Å². The van der Waals surface area contributed by atoms with Crippen molar-refractivity contribution < 1.29 is 23.5 Å². The molecule has 0 spiro atoms. The van der Waals surface area contributed by atoms with E-state index in [2.05, 4.69) is 15.1 Å². The van der Waals surface area contributed by atoms with Gasteiger partial charge in [-0.3, -0.25) is 14.5 Å². The number of rotatable bonds is 9. The van der Waals surface area contributed by atoms with Crippen LogP contribution in [0.1, 0.15) is 23.7 Å². The summed E-state index contributed by atoms with van der Waals surface area (Å²) in [7, 11) is 0. The average Bonchev–Trinajstić information content (AvgIpc) is 3.15. The van der Waals surface area contributed by atoms with Crippen molar-refractivity contribution in [1.82, 2.24) is 10.2 Å². The van der Waals surface area contributed by atoms with Crippen LogP contribution < -0.4 is 15.1 Å². The molecule has 2 aliphatic rings. The molecule has 2 amide bonds. The highest BCUT2D eigenvalue weighted by Crippen LogP contribution is 2.22. The lowest BCUT2D eigenvalue weighted by molar-refractivity contribution is -0.120. The van der Waals surface area contributed by atoms with Gasteiger partial charge in [0.1, 0.15) is 11.5 Å². The lowest BCUT2D eigenvalue weighted by Gasteiger charge is -2.36. The Bertz CT molecular complexity index is 1090. The summed E-state index contributed by atoms with van der Waals surface area (Å²) < 4.78 is 18.1. The first-order valence-electron chi connectivity index (χ1n) is 11.8. The first-order valence-corrected chi connectivity index (χ1v) is 11.8. The van der Waals surface area contributed by atoms with Gasteiger partial charge < -0.3 is 15.0 Å². The van der Waals surface area contributed by atoms with E-state index < -0.39 is 17.8 Å². The fourth-order valence-corrected chi connectivity index (χ4v) is 4.21. The number of esters is 1. The number of nitrogens with one attached hydrogen (secondary N) is 1. The summed E-state index contributed by atoms with van der Waals surface area (Å²) >= 11 is 0. The average molecular weight is 481 g/mol. The number of imide groups is 1. The maximum absolute atomic E-state index is 13.1. The lowest BCUT2D eigenvalue weighted by Crippen LogP contribution is -2.47. The maximum atomic E-state index is 13.1. The van der Waals surface area contributed by atoms with Crippen LogP contribution in [0.3, 0.4) is 0 Å². The number of nitrogens with zero attached hydrogens (tertiary/aromatic N) is 3. The molecule has 0 aromatic heterocycles. The van der Waals surface area contributed by atoms with E-state index in [0.717, 1.165) is 49.7 Å². The van der Waals surface area contributed by atoms with E-state index in [1.54, 1.807) is 31.2 Å². The zero-order valence-corrected chi connectivity index (χ0v) is 19.7. The first kappa shape index (κ1) is 24.4. The van der Waals surface area contributed by atoms with Gasteiger partial charge in [-0.05, 0) is 68.4 Å². The molecule has 184 valence electrons. The third kappa shape index (κ3) is 5.86. The van der Waals surface area contributed by atoms with Gasteiger partial charge in [-0.25, -0.2) is 14.1 Å². The van der Waals surface area contributed by atoms with Crippen LogP contribution in [-0.4, -0.2) is 68.6 Å². The highest BCUT2D eigenvalue weighted by molar-refractivity contribution is 6.30. The number of hydrogen-bond acceptors (Lipinski definition) is 7.